The zero-order valence-corrected chi connectivity index (χ0v) is 10.2. The summed E-state index contributed by atoms with van der Waals surface area (Å²) in [6, 6.07) is 4.77. The van der Waals surface area contributed by atoms with Gasteiger partial charge in [-0.3, -0.25) is 0 Å². The third kappa shape index (κ3) is 3.09. The van der Waals surface area contributed by atoms with E-state index < -0.39 is 0 Å². The first-order chi connectivity index (χ1) is 8.19. The van der Waals surface area contributed by atoms with Gasteiger partial charge in [0, 0.05) is 18.3 Å². The molecular weight excluding hydrogens is 221 g/mol. The molecule has 1 aliphatic rings. The van der Waals surface area contributed by atoms with Crippen molar-refractivity contribution in [3.8, 4) is 5.75 Å². The van der Waals surface area contributed by atoms with Gasteiger partial charge in [-0.1, -0.05) is 0 Å². The predicted octanol–water partition coefficient (Wildman–Crippen LogP) is 2.81. The molecular formula is C13H18FNO2. The van der Waals surface area contributed by atoms with Crippen molar-refractivity contribution in [1.29, 1.82) is 0 Å². The summed E-state index contributed by atoms with van der Waals surface area (Å²) in [5.74, 6) is -0.0838. The monoisotopic (exact) mass is 239 g/mol. The smallest absolute Gasteiger partial charge is 0.165 e. The molecule has 1 aromatic rings. The van der Waals surface area contributed by atoms with E-state index in [0.717, 1.165) is 25.1 Å². The molecule has 0 spiro atoms. The Kier molecular flexibility index (Phi) is 3.84. The second kappa shape index (κ2) is 5.36. The van der Waals surface area contributed by atoms with Crippen molar-refractivity contribution >= 4 is 5.69 Å². The quantitative estimate of drug-likeness (QED) is 0.876. The van der Waals surface area contributed by atoms with Gasteiger partial charge in [0.2, 0.25) is 0 Å². The molecule has 0 amide bonds. The van der Waals surface area contributed by atoms with Gasteiger partial charge in [0.25, 0.3) is 0 Å². The summed E-state index contributed by atoms with van der Waals surface area (Å²) in [5.41, 5.74) is 0.853. The number of nitrogens with one attached hydrogen (secondary N) is 1. The van der Waals surface area contributed by atoms with Gasteiger partial charge in [0.05, 0.1) is 19.3 Å². The SMILES string of the molecule is COc1cc(NCC2CCC(C)O2)ccc1F. The summed E-state index contributed by atoms with van der Waals surface area (Å²) in [6.07, 6.45) is 2.79. The Hall–Kier alpha value is -1.29. The second-order valence-corrected chi connectivity index (χ2v) is 4.38. The average Bonchev–Trinajstić information content (AvgIpc) is 2.74. The van der Waals surface area contributed by atoms with E-state index in [4.69, 9.17) is 9.47 Å². The maximum absolute atomic E-state index is 13.2. The van der Waals surface area contributed by atoms with E-state index >= 15 is 0 Å². The molecule has 1 aromatic carbocycles. The summed E-state index contributed by atoms with van der Waals surface area (Å²) < 4.78 is 23.8. The van der Waals surface area contributed by atoms with Crippen LogP contribution in [0.2, 0.25) is 0 Å². The molecule has 4 heteroatoms. The van der Waals surface area contributed by atoms with Gasteiger partial charge in [-0.15, -0.1) is 0 Å². The first-order valence-corrected chi connectivity index (χ1v) is 5.92. The van der Waals surface area contributed by atoms with Crippen LogP contribution in [0, 0.1) is 5.82 Å². The van der Waals surface area contributed by atoms with Crippen LogP contribution in [-0.4, -0.2) is 25.9 Å². The molecule has 0 bridgehead atoms. The first-order valence-electron chi connectivity index (χ1n) is 5.92. The fourth-order valence-electron chi connectivity index (χ4n) is 2.04. The summed E-state index contributed by atoms with van der Waals surface area (Å²) >= 11 is 0. The number of hydrogen-bond acceptors (Lipinski definition) is 3. The number of halogens is 1. The second-order valence-electron chi connectivity index (χ2n) is 4.38. The van der Waals surface area contributed by atoms with E-state index in [0.29, 0.717) is 6.10 Å². The number of anilines is 1. The van der Waals surface area contributed by atoms with Crippen molar-refractivity contribution in [2.24, 2.45) is 0 Å². The van der Waals surface area contributed by atoms with Crippen molar-refractivity contribution in [2.45, 2.75) is 32.0 Å². The van der Waals surface area contributed by atoms with Crippen molar-refractivity contribution < 1.29 is 13.9 Å². The Balaban J connectivity index is 1.90. The highest BCUT2D eigenvalue weighted by Gasteiger charge is 2.21. The lowest BCUT2D eigenvalue weighted by molar-refractivity contribution is 0.0637. The normalized spacial score (nSPS) is 23.7. The Morgan fingerprint density at radius 2 is 2.29 bits per heavy atom. The molecule has 1 heterocycles. The van der Waals surface area contributed by atoms with E-state index in [1.165, 1.54) is 13.2 Å². The van der Waals surface area contributed by atoms with Gasteiger partial charge in [0.1, 0.15) is 0 Å². The summed E-state index contributed by atoms with van der Waals surface area (Å²) in [6.45, 7) is 2.83. The largest absolute Gasteiger partial charge is 0.494 e. The van der Waals surface area contributed by atoms with Crippen LogP contribution in [0.4, 0.5) is 10.1 Å². The zero-order valence-electron chi connectivity index (χ0n) is 10.2. The van der Waals surface area contributed by atoms with Gasteiger partial charge in [0.15, 0.2) is 11.6 Å². The van der Waals surface area contributed by atoms with E-state index in [9.17, 15) is 4.39 Å². The first kappa shape index (κ1) is 12.2. The topological polar surface area (TPSA) is 30.5 Å². The maximum Gasteiger partial charge on any atom is 0.165 e. The van der Waals surface area contributed by atoms with Crippen molar-refractivity contribution in [1.82, 2.24) is 0 Å². The van der Waals surface area contributed by atoms with Gasteiger partial charge >= 0.3 is 0 Å². The molecule has 1 fully saturated rings. The van der Waals surface area contributed by atoms with Crippen LogP contribution in [0.1, 0.15) is 19.8 Å². The minimum atomic E-state index is -0.344. The highest BCUT2D eigenvalue weighted by molar-refractivity contribution is 5.48. The lowest BCUT2D eigenvalue weighted by Gasteiger charge is -2.14. The number of ether oxygens (including phenoxy) is 2. The van der Waals surface area contributed by atoms with E-state index in [-0.39, 0.29) is 17.7 Å². The fourth-order valence-corrected chi connectivity index (χ4v) is 2.04. The summed E-state index contributed by atoms with van der Waals surface area (Å²) in [4.78, 5) is 0. The van der Waals surface area contributed by atoms with Crippen LogP contribution in [0.25, 0.3) is 0 Å². The van der Waals surface area contributed by atoms with Crippen LogP contribution in [0.5, 0.6) is 5.75 Å². The number of methoxy groups -OCH3 is 1. The van der Waals surface area contributed by atoms with Gasteiger partial charge in [-0.25, -0.2) is 4.39 Å². The Morgan fingerprint density at radius 3 is 2.94 bits per heavy atom. The molecule has 3 nitrogen and oxygen atoms in total. The van der Waals surface area contributed by atoms with Crippen molar-refractivity contribution in [2.75, 3.05) is 19.0 Å². The van der Waals surface area contributed by atoms with Crippen LogP contribution in [-0.2, 0) is 4.74 Å². The van der Waals surface area contributed by atoms with E-state index in [2.05, 4.69) is 12.2 Å². The zero-order chi connectivity index (χ0) is 12.3. The molecule has 17 heavy (non-hydrogen) atoms. The van der Waals surface area contributed by atoms with Gasteiger partial charge < -0.3 is 14.8 Å². The molecule has 2 atom stereocenters. The van der Waals surface area contributed by atoms with E-state index in [1.54, 1.807) is 12.1 Å². The lowest BCUT2D eigenvalue weighted by Crippen LogP contribution is -2.19. The number of benzene rings is 1. The Labute approximate surface area is 101 Å². The molecule has 0 radical (unpaired) electrons. The third-order valence-electron chi connectivity index (χ3n) is 3.00. The van der Waals surface area contributed by atoms with E-state index in [1.807, 2.05) is 0 Å². The molecule has 1 saturated heterocycles. The lowest BCUT2D eigenvalue weighted by atomic mass is 10.2. The molecule has 0 aliphatic carbocycles. The molecule has 1 N–H and O–H groups in total. The van der Waals surface area contributed by atoms with Crippen LogP contribution >= 0.6 is 0 Å². The number of hydrogen-bond donors (Lipinski definition) is 1. The van der Waals surface area contributed by atoms with Crippen molar-refractivity contribution in [3.63, 3.8) is 0 Å². The van der Waals surface area contributed by atoms with Crippen molar-refractivity contribution in [3.05, 3.63) is 24.0 Å². The molecule has 2 rings (SSSR count). The Bertz CT molecular complexity index is 384. The van der Waals surface area contributed by atoms with Crippen LogP contribution < -0.4 is 10.1 Å². The van der Waals surface area contributed by atoms with Crippen LogP contribution in [0.15, 0.2) is 18.2 Å². The summed E-state index contributed by atoms with van der Waals surface area (Å²) in [7, 11) is 1.46. The van der Waals surface area contributed by atoms with Gasteiger partial charge in [-0.05, 0) is 31.9 Å². The minimum absolute atomic E-state index is 0.251. The van der Waals surface area contributed by atoms with Crippen LogP contribution in [0.3, 0.4) is 0 Å². The molecule has 0 saturated carbocycles. The fraction of sp³-hybridized carbons (Fsp3) is 0.538. The van der Waals surface area contributed by atoms with Gasteiger partial charge in [-0.2, -0.15) is 0 Å². The maximum atomic E-state index is 13.2. The molecule has 2 unspecified atom stereocenters. The molecule has 94 valence electrons. The molecule has 1 aliphatic heterocycles. The predicted molar refractivity (Wildman–Crippen MR) is 65.0 cm³/mol. The Morgan fingerprint density at radius 1 is 1.47 bits per heavy atom. The summed E-state index contributed by atoms with van der Waals surface area (Å²) in [5, 5.41) is 3.24. The number of rotatable bonds is 4. The third-order valence-corrected chi connectivity index (χ3v) is 3.00. The average molecular weight is 239 g/mol. The molecule has 0 aromatic heterocycles. The standard InChI is InChI=1S/C13H18FNO2/c1-9-3-5-11(17-9)8-15-10-4-6-12(14)13(7-10)16-2/h4,6-7,9,11,15H,3,5,8H2,1-2H3. The highest BCUT2D eigenvalue weighted by atomic mass is 19.1. The minimum Gasteiger partial charge on any atom is -0.494 e. The highest BCUT2D eigenvalue weighted by Crippen LogP contribution is 2.23.